The molecule has 0 spiro atoms. The summed E-state index contributed by atoms with van der Waals surface area (Å²) in [5.74, 6) is -0.272. The highest BCUT2D eigenvalue weighted by Gasteiger charge is 2.27. The van der Waals surface area contributed by atoms with Gasteiger partial charge in [-0.2, -0.15) is 0 Å². The van der Waals surface area contributed by atoms with Gasteiger partial charge in [-0.1, -0.05) is 36.4 Å². The number of rotatable bonds is 3. The average Bonchev–Trinajstić information content (AvgIpc) is 3.01. The van der Waals surface area contributed by atoms with Crippen LogP contribution >= 0.6 is 0 Å². The molecule has 26 heavy (non-hydrogen) atoms. The Morgan fingerprint density at radius 1 is 1.04 bits per heavy atom. The third kappa shape index (κ3) is 2.75. The molecule has 4 rings (SSSR count). The molecule has 1 aromatic heterocycles. The van der Waals surface area contributed by atoms with Crippen molar-refractivity contribution in [2.24, 2.45) is 0 Å². The normalized spacial score (nSPS) is 13.5. The Balaban J connectivity index is 1.74. The van der Waals surface area contributed by atoms with E-state index in [2.05, 4.69) is 6.07 Å². The molecule has 0 saturated carbocycles. The van der Waals surface area contributed by atoms with Crippen LogP contribution in [0.1, 0.15) is 21.6 Å². The Labute approximate surface area is 151 Å². The van der Waals surface area contributed by atoms with Gasteiger partial charge in [-0.25, -0.2) is 0 Å². The number of methoxy groups -OCH3 is 1. The number of para-hydroxylation sites is 1. The minimum atomic E-state index is -0.292. The third-order valence-corrected chi connectivity index (χ3v) is 4.99. The molecule has 0 fully saturated rings. The van der Waals surface area contributed by atoms with E-state index in [1.165, 1.54) is 12.7 Å². The smallest absolute Gasteiger partial charge is 0.325 e. The lowest BCUT2D eigenvalue weighted by Gasteiger charge is -2.28. The van der Waals surface area contributed by atoms with E-state index in [0.29, 0.717) is 18.7 Å². The van der Waals surface area contributed by atoms with Gasteiger partial charge in [0, 0.05) is 28.7 Å². The van der Waals surface area contributed by atoms with Crippen LogP contribution in [0.4, 0.5) is 0 Å². The van der Waals surface area contributed by atoms with Crippen molar-refractivity contribution in [2.75, 3.05) is 13.7 Å². The number of hydrogen-bond acceptors (Lipinski definition) is 3. The Bertz CT molecular complexity index is 976. The minimum Gasteiger partial charge on any atom is -0.468 e. The predicted octanol–water partition coefficient (Wildman–Crippen LogP) is 3.01. The minimum absolute atomic E-state index is 0.0196. The first-order chi connectivity index (χ1) is 12.7. The Morgan fingerprint density at radius 2 is 1.77 bits per heavy atom. The van der Waals surface area contributed by atoms with Gasteiger partial charge in [-0.05, 0) is 30.2 Å². The molecule has 0 saturated heterocycles. The van der Waals surface area contributed by atoms with Crippen molar-refractivity contribution < 1.29 is 14.3 Å². The fourth-order valence-corrected chi connectivity index (χ4v) is 3.71. The molecule has 0 radical (unpaired) electrons. The summed E-state index contributed by atoms with van der Waals surface area (Å²) in [7, 11) is 1.39. The summed E-state index contributed by atoms with van der Waals surface area (Å²) in [5.41, 5.74) is 3.94. The van der Waals surface area contributed by atoms with Crippen LogP contribution in [0.3, 0.4) is 0 Å². The summed E-state index contributed by atoms with van der Waals surface area (Å²) in [6.45, 7) is 1.32. The molecule has 0 unspecified atom stereocenters. The number of ether oxygens (including phenoxy) is 1. The zero-order valence-corrected chi connectivity index (χ0v) is 14.6. The van der Waals surface area contributed by atoms with Crippen LogP contribution in [-0.2, 0) is 29.0 Å². The highest BCUT2D eigenvalue weighted by molar-refractivity contribution is 5.95. The van der Waals surface area contributed by atoms with Crippen molar-refractivity contribution in [2.45, 2.75) is 19.5 Å². The molecular weight excluding hydrogens is 328 g/mol. The van der Waals surface area contributed by atoms with Crippen LogP contribution in [0.5, 0.6) is 0 Å². The van der Waals surface area contributed by atoms with Crippen molar-refractivity contribution in [3.63, 3.8) is 0 Å². The number of carbonyl (C=O) groups excluding carboxylic acids is 2. The van der Waals surface area contributed by atoms with Crippen molar-refractivity contribution in [1.29, 1.82) is 0 Å². The van der Waals surface area contributed by atoms with E-state index in [1.807, 2.05) is 58.0 Å². The lowest BCUT2D eigenvalue weighted by atomic mass is 10.0. The molecule has 0 N–H and O–H groups in total. The Hall–Kier alpha value is -3.08. The van der Waals surface area contributed by atoms with E-state index in [4.69, 9.17) is 4.74 Å². The Kier molecular flexibility index (Phi) is 4.21. The summed E-state index contributed by atoms with van der Waals surface area (Å²) < 4.78 is 6.85. The van der Waals surface area contributed by atoms with Crippen LogP contribution < -0.4 is 0 Å². The number of carbonyl (C=O) groups is 2. The van der Waals surface area contributed by atoms with Gasteiger partial charge in [0.1, 0.15) is 6.54 Å². The summed E-state index contributed by atoms with van der Waals surface area (Å²) in [4.78, 5) is 26.6. The van der Waals surface area contributed by atoms with Crippen molar-refractivity contribution >= 4 is 22.8 Å². The zero-order valence-electron chi connectivity index (χ0n) is 14.6. The molecule has 1 amide bonds. The topological polar surface area (TPSA) is 51.5 Å². The van der Waals surface area contributed by atoms with Gasteiger partial charge in [0.05, 0.1) is 13.7 Å². The predicted molar refractivity (Wildman–Crippen MR) is 98.8 cm³/mol. The van der Waals surface area contributed by atoms with Crippen LogP contribution in [0.15, 0.2) is 54.6 Å². The summed E-state index contributed by atoms with van der Waals surface area (Å²) in [5, 5.41) is 1.15. The molecule has 2 heterocycles. The van der Waals surface area contributed by atoms with Crippen LogP contribution in [-0.4, -0.2) is 35.0 Å². The van der Waals surface area contributed by atoms with E-state index >= 15 is 0 Å². The van der Waals surface area contributed by atoms with Crippen molar-refractivity contribution in [1.82, 2.24) is 9.47 Å². The zero-order chi connectivity index (χ0) is 18.1. The first-order valence-corrected chi connectivity index (χ1v) is 8.69. The van der Waals surface area contributed by atoms with Gasteiger partial charge in [0.15, 0.2) is 0 Å². The van der Waals surface area contributed by atoms with E-state index in [-0.39, 0.29) is 18.4 Å². The fraction of sp³-hybridized carbons (Fsp3) is 0.238. The number of hydrogen-bond donors (Lipinski definition) is 0. The standard InChI is InChI=1S/C21H20N2O3/c1-26-20(24)14-23-18-10-6-5-9-16(18)17-11-12-22(13-19(17)23)21(25)15-7-3-2-4-8-15/h2-10H,11-14H2,1H3. The first-order valence-electron chi connectivity index (χ1n) is 8.69. The molecule has 3 aromatic rings. The SMILES string of the molecule is COC(=O)Cn1c2c(c3ccccc31)CCN(C(=O)c1ccccc1)C2. The molecule has 0 atom stereocenters. The van der Waals surface area contributed by atoms with E-state index in [0.717, 1.165) is 23.0 Å². The monoisotopic (exact) mass is 348 g/mol. The number of aromatic nitrogens is 1. The van der Waals surface area contributed by atoms with Gasteiger partial charge in [0.25, 0.3) is 5.91 Å². The van der Waals surface area contributed by atoms with Crippen LogP contribution in [0.25, 0.3) is 10.9 Å². The molecule has 5 heteroatoms. The van der Waals surface area contributed by atoms with Gasteiger partial charge in [-0.15, -0.1) is 0 Å². The van der Waals surface area contributed by atoms with Gasteiger partial charge in [-0.3, -0.25) is 9.59 Å². The van der Waals surface area contributed by atoms with Crippen LogP contribution in [0, 0.1) is 0 Å². The van der Waals surface area contributed by atoms with E-state index in [9.17, 15) is 9.59 Å². The van der Waals surface area contributed by atoms with E-state index in [1.54, 1.807) is 0 Å². The maximum absolute atomic E-state index is 12.8. The van der Waals surface area contributed by atoms with Gasteiger partial charge >= 0.3 is 5.97 Å². The fourth-order valence-electron chi connectivity index (χ4n) is 3.71. The number of fused-ring (bicyclic) bond motifs is 3. The third-order valence-electron chi connectivity index (χ3n) is 4.99. The Morgan fingerprint density at radius 3 is 2.54 bits per heavy atom. The highest BCUT2D eigenvalue weighted by atomic mass is 16.5. The maximum atomic E-state index is 12.8. The largest absolute Gasteiger partial charge is 0.468 e. The van der Waals surface area contributed by atoms with Crippen LogP contribution in [0.2, 0.25) is 0 Å². The first kappa shape index (κ1) is 16.4. The van der Waals surface area contributed by atoms with Gasteiger partial charge in [0.2, 0.25) is 0 Å². The number of amides is 1. The molecular formula is C21H20N2O3. The van der Waals surface area contributed by atoms with E-state index < -0.39 is 0 Å². The second-order valence-electron chi connectivity index (χ2n) is 6.45. The molecule has 5 nitrogen and oxygen atoms in total. The number of benzene rings is 2. The summed E-state index contributed by atoms with van der Waals surface area (Å²) in [6, 6.07) is 17.4. The molecule has 1 aliphatic heterocycles. The quantitative estimate of drug-likeness (QED) is 0.684. The summed E-state index contributed by atoms with van der Waals surface area (Å²) >= 11 is 0. The molecule has 132 valence electrons. The molecule has 1 aliphatic rings. The lowest BCUT2D eigenvalue weighted by Crippen LogP contribution is -2.37. The number of nitrogens with zero attached hydrogens (tertiary/aromatic N) is 2. The molecule has 2 aromatic carbocycles. The summed E-state index contributed by atoms with van der Waals surface area (Å²) in [6.07, 6.45) is 0.780. The second kappa shape index (κ2) is 6.67. The highest BCUT2D eigenvalue weighted by Crippen LogP contribution is 2.31. The van der Waals surface area contributed by atoms with Gasteiger partial charge < -0.3 is 14.2 Å². The van der Waals surface area contributed by atoms with Crippen molar-refractivity contribution in [3.05, 3.63) is 71.4 Å². The van der Waals surface area contributed by atoms with Crippen molar-refractivity contribution in [3.8, 4) is 0 Å². The number of esters is 1. The molecule has 0 aliphatic carbocycles. The lowest BCUT2D eigenvalue weighted by molar-refractivity contribution is -0.141. The second-order valence-corrected chi connectivity index (χ2v) is 6.45. The molecule has 0 bridgehead atoms. The maximum Gasteiger partial charge on any atom is 0.325 e. The average molecular weight is 348 g/mol.